The summed E-state index contributed by atoms with van der Waals surface area (Å²) in [5, 5.41) is 5.84. The van der Waals surface area contributed by atoms with Crippen molar-refractivity contribution in [2.75, 3.05) is 13.1 Å². The molecule has 0 spiro atoms. The van der Waals surface area contributed by atoms with Crippen molar-refractivity contribution in [3.8, 4) is 0 Å². The van der Waals surface area contributed by atoms with Gasteiger partial charge in [0, 0.05) is 25.1 Å². The zero-order valence-corrected chi connectivity index (χ0v) is 14.1. The van der Waals surface area contributed by atoms with Crippen molar-refractivity contribution in [1.29, 1.82) is 0 Å². The van der Waals surface area contributed by atoms with Gasteiger partial charge in [0.25, 0.3) is 5.91 Å². The molecule has 2 aromatic heterocycles. The molecule has 1 aliphatic rings. The molecular formula is C17H20N2O3S. The monoisotopic (exact) mass is 332 g/mol. The molecule has 0 bridgehead atoms. The molecule has 2 aromatic rings. The third-order valence-corrected chi connectivity index (χ3v) is 5.06. The molecule has 0 aliphatic carbocycles. The summed E-state index contributed by atoms with van der Waals surface area (Å²) in [6, 6.07) is 5.43. The van der Waals surface area contributed by atoms with Crippen molar-refractivity contribution in [3.63, 3.8) is 0 Å². The van der Waals surface area contributed by atoms with Gasteiger partial charge < -0.3 is 9.42 Å². The van der Waals surface area contributed by atoms with E-state index in [2.05, 4.69) is 5.16 Å². The first-order valence-corrected chi connectivity index (χ1v) is 8.78. The van der Waals surface area contributed by atoms with E-state index in [1.165, 1.54) is 11.3 Å². The quantitative estimate of drug-likeness (QED) is 0.803. The third kappa shape index (κ3) is 3.37. The molecule has 0 radical (unpaired) electrons. The number of likely N-dealkylation sites (tertiary alicyclic amines) is 1. The van der Waals surface area contributed by atoms with Crippen LogP contribution in [0.25, 0.3) is 0 Å². The van der Waals surface area contributed by atoms with Crippen LogP contribution in [0, 0.1) is 5.92 Å². The molecule has 1 saturated heterocycles. The van der Waals surface area contributed by atoms with Crippen LogP contribution < -0.4 is 0 Å². The van der Waals surface area contributed by atoms with Crippen molar-refractivity contribution < 1.29 is 14.1 Å². The summed E-state index contributed by atoms with van der Waals surface area (Å²) >= 11 is 1.46. The first kappa shape index (κ1) is 15.9. The number of aromatic nitrogens is 1. The lowest BCUT2D eigenvalue weighted by Crippen LogP contribution is -2.42. The van der Waals surface area contributed by atoms with E-state index in [1.54, 1.807) is 11.0 Å². The fourth-order valence-corrected chi connectivity index (χ4v) is 3.56. The summed E-state index contributed by atoms with van der Waals surface area (Å²) in [4.78, 5) is 27.6. The minimum Gasteiger partial charge on any atom is -0.351 e. The van der Waals surface area contributed by atoms with Crippen molar-refractivity contribution >= 4 is 23.0 Å². The summed E-state index contributed by atoms with van der Waals surface area (Å²) in [6.07, 6.45) is 1.66. The van der Waals surface area contributed by atoms with Gasteiger partial charge >= 0.3 is 0 Å². The average molecular weight is 332 g/mol. The highest BCUT2D eigenvalue weighted by Crippen LogP contribution is 2.25. The van der Waals surface area contributed by atoms with E-state index in [-0.39, 0.29) is 29.3 Å². The smallest absolute Gasteiger partial charge is 0.292 e. The highest BCUT2D eigenvalue weighted by molar-refractivity contribution is 7.12. The Morgan fingerprint density at radius 1 is 1.43 bits per heavy atom. The Labute approximate surface area is 139 Å². The largest absolute Gasteiger partial charge is 0.351 e. The highest BCUT2D eigenvalue weighted by Gasteiger charge is 2.31. The molecule has 3 rings (SSSR count). The van der Waals surface area contributed by atoms with Crippen LogP contribution in [0.4, 0.5) is 0 Å². The van der Waals surface area contributed by atoms with Gasteiger partial charge in [-0.25, -0.2) is 0 Å². The summed E-state index contributed by atoms with van der Waals surface area (Å²) in [6.45, 7) is 5.11. The molecule has 3 heterocycles. The normalized spacial score (nSPS) is 18.4. The van der Waals surface area contributed by atoms with Gasteiger partial charge in [0.1, 0.15) is 0 Å². The Balaban J connectivity index is 1.70. The molecule has 1 fully saturated rings. The van der Waals surface area contributed by atoms with Gasteiger partial charge in [0.15, 0.2) is 5.78 Å². The van der Waals surface area contributed by atoms with Crippen LogP contribution in [-0.2, 0) is 0 Å². The first-order chi connectivity index (χ1) is 11.1. The number of carbonyl (C=O) groups excluding carboxylic acids is 2. The van der Waals surface area contributed by atoms with Crippen molar-refractivity contribution in [1.82, 2.24) is 10.1 Å². The van der Waals surface area contributed by atoms with Crippen LogP contribution in [0.1, 0.15) is 58.5 Å². The number of piperidine rings is 1. The maximum Gasteiger partial charge on any atom is 0.292 e. The Kier molecular flexibility index (Phi) is 4.61. The van der Waals surface area contributed by atoms with Gasteiger partial charge in [-0.1, -0.05) is 25.1 Å². The lowest BCUT2D eigenvalue weighted by atomic mass is 9.93. The second-order valence-corrected chi connectivity index (χ2v) is 7.15. The third-order valence-electron chi connectivity index (χ3n) is 4.17. The van der Waals surface area contributed by atoms with E-state index in [0.29, 0.717) is 13.1 Å². The number of thiophene rings is 1. The zero-order valence-electron chi connectivity index (χ0n) is 13.3. The number of hydrogen-bond donors (Lipinski definition) is 0. The standard InChI is InChI=1S/C17H20N2O3S/c1-11(2)13-9-14(22-18-13)17(21)19-7-3-5-12(10-19)16(20)15-6-4-8-23-15/h4,6,8-9,11-12H,3,5,7,10H2,1-2H3/t12-/m0/s1. The molecule has 1 aliphatic heterocycles. The van der Waals surface area contributed by atoms with Gasteiger partial charge in [-0.15, -0.1) is 11.3 Å². The fourth-order valence-electron chi connectivity index (χ4n) is 2.81. The van der Waals surface area contributed by atoms with Crippen LogP contribution in [0.5, 0.6) is 0 Å². The summed E-state index contributed by atoms with van der Waals surface area (Å²) in [5.74, 6) is 0.317. The molecule has 1 amide bonds. The fraction of sp³-hybridized carbons (Fsp3) is 0.471. The van der Waals surface area contributed by atoms with E-state index >= 15 is 0 Å². The number of carbonyl (C=O) groups is 2. The highest BCUT2D eigenvalue weighted by atomic mass is 32.1. The maximum absolute atomic E-state index is 12.6. The van der Waals surface area contributed by atoms with E-state index < -0.39 is 0 Å². The topological polar surface area (TPSA) is 63.4 Å². The molecule has 122 valence electrons. The SMILES string of the molecule is CC(C)c1cc(C(=O)N2CCC[C@H](C(=O)c3cccs3)C2)on1. The predicted molar refractivity (Wildman–Crippen MR) is 87.9 cm³/mol. The number of hydrogen-bond acceptors (Lipinski definition) is 5. The predicted octanol–water partition coefficient (Wildman–Crippen LogP) is 3.59. The first-order valence-electron chi connectivity index (χ1n) is 7.90. The second kappa shape index (κ2) is 6.66. The summed E-state index contributed by atoms with van der Waals surface area (Å²) in [7, 11) is 0. The van der Waals surface area contributed by atoms with E-state index in [4.69, 9.17) is 4.52 Å². The van der Waals surface area contributed by atoms with Crippen molar-refractivity contribution in [2.24, 2.45) is 5.92 Å². The van der Waals surface area contributed by atoms with E-state index in [9.17, 15) is 9.59 Å². The van der Waals surface area contributed by atoms with Crippen LogP contribution in [0.15, 0.2) is 28.1 Å². The van der Waals surface area contributed by atoms with E-state index in [0.717, 1.165) is 23.4 Å². The Bertz CT molecular complexity index is 691. The number of amides is 1. The molecule has 23 heavy (non-hydrogen) atoms. The average Bonchev–Trinajstić information content (AvgIpc) is 3.25. The number of Topliss-reactive ketones (excluding diaryl/α,β-unsaturated/α-hetero) is 1. The van der Waals surface area contributed by atoms with Crippen LogP contribution in [0.3, 0.4) is 0 Å². The van der Waals surface area contributed by atoms with Gasteiger partial charge in [0.2, 0.25) is 5.76 Å². The summed E-state index contributed by atoms with van der Waals surface area (Å²) < 4.78 is 5.18. The summed E-state index contributed by atoms with van der Waals surface area (Å²) in [5.41, 5.74) is 0.775. The molecule has 0 N–H and O–H groups in total. The minimum absolute atomic E-state index is 0.126. The van der Waals surface area contributed by atoms with Gasteiger partial charge in [0.05, 0.1) is 10.6 Å². The van der Waals surface area contributed by atoms with Gasteiger partial charge in [-0.2, -0.15) is 0 Å². The molecule has 6 heteroatoms. The number of ketones is 1. The van der Waals surface area contributed by atoms with Crippen LogP contribution in [-0.4, -0.2) is 34.8 Å². The zero-order chi connectivity index (χ0) is 16.4. The maximum atomic E-state index is 12.6. The van der Waals surface area contributed by atoms with Crippen LogP contribution in [0.2, 0.25) is 0 Å². The lowest BCUT2D eigenvalue weighted by molar-refractivity contribution is 0.0604. The molecular weight excluding hydrogens is 312 g/mol. The van der Waals surface area contributed by atoms with Crippen molar-refractivity contribution in [2.45, 2.75) is 32.6 Å². The van der Waals surface area contributed by atoms with Gasteiger partial charge in [-0.3, -0.25) is 9.59 Å². The molecule has 0 saturated carbocycles. The van der Waals surface area contributed by atoms with Gasteiger partial charge in [-0.05, 0) is 30.2 Å². The number of nitrogens with zero attached hydrogens (tertiary/aromatic N) is 2. The Hall–Kier alpha value is -1.95. The number of rotatable bonds is 4. The van der Waals surface area contributed by atoms with E-state index in [1.807, 2.05) is 31.4 Å². The lowest BCUT2D eigenvalue weighted by Gasteiger charge is -2.31. The molecule has 5 nitrogen and oxygen atoms in total. The molecule has 0 aromatic carbocycles. The Morgan fingerprint density at radius 2 is 2.26 bits per heavy atom. The second-order valence-electron chi connectivity index (χ2n) is 6.20. The van der Waals surface area contributed by atoms with Crippen LogP contribution >= 0.6 is 11.3 Å². The molecule has 1 atom stereocenters. The Morgan fingerprint density at radius 3 is 2.91 bits per heavy atom. The minimum atomic E-state index is -0.173. The molecule has 0 unspecified atom stereocenters. The van der Waals surface area contributed by atoms with Crippen molar-refractivity contribution in [3.05, 3.63) is 39.9 Å².